The lowest BCUT2D eigenvalue weighted by Crippen LogP contribution is -2.41. The Morgan fingerprint density at radius 2 is 1.68 bits per heavy atom. The van der Waals surface area contributed by atoms with Gasteiger partial charge in [-0.3, -0.25) is 4.98 Å². The Morgan fingerprint density at radius 1 is 1.09 bits per heavy atom. The molecule has 2 fully saturated rings. The van der Waals surface area contributed by atoms with Gasteiger partial charge in [0.15, 0.2) is 0 Å². The van der Waals surface area contributed by atoms with Crippen molar-refractivity contribution in [3.63, 3.8) is 0 Å². The van der Waals surface area contributed by atoms with Crippen molar-refractivity contribution in [1.29, 1.82) is 0 Å². The molecular weight excluding hydrogens is 296 g/mol. The SMILES string of the molecule is CC1(C)OB(c2cc(Cl)c(C3CCCCC3)cn2)OC1(C)C. The molecule has 1 saturated heterocycles. The summed E-state index contributed by atoms with van der Waals surface area (Å²) in [6.45, 7) is 8.19. The third-order valence-corrected chi connectivity index (χ3v) is 5.77. The molecule has 1 saturated carbocycles. The van der Waals surface area contributed by atoms with Gasteiger partial charge in [-0.05, 0) is 58.1 Å². The normalized spacial score (nSPS) is 24.7. The van der Waals surface area contributed by atoms with Gasteiger partial charge >= 0.3 is 7.12 Å². The maximum atomic E-state index is 6.53. The molecule has 0 amide bonds. The van der Waals surface area contributed by atoms with E-state index in [1.165, 1.54) is 37.7 Å². The summed E-state index contributed by atoms with van der Waals surface area (Å²) in [4.78, 5) is 4.59. The summed E-state index contributed by atoms with van der Waals surface area (Å²) in [5.41, 5.74) is 1.24. The van der Waals surface area contributed by atoms with Gasteiger partial charge in [0, 0.05) is 11.2 Å². The minimum absolute atomic E-state index is 0.353. The topological polar surface area (TPSA) is 31.4 Å². The fourth-order valence-corrected chi connectivity index (χ4v) is 3.58. The van der Waals surface area contributed by atoms with Crippen LogP contribution in [0.1, 0.15) is 71.3 Å². The Kier molecular flexibility index (Phi) is 4.30. The van der Waals surface area contributed by atoms with Crippen molar-refractivity contribution in [2.75, 3.05) is 0 Å². The Balaban J connectivity index is 1.81. The molecule has 0 N–H and O–H groups in total. The summed E-state index contributed by atoms with van der Waals surface area (Å²) in [6, 6.07) is 1.92. The van der Waals surface area contributed by atoms with Crippen LogP contribution >= 0.6 is 11.6 Å². The average molecular weight is 322 g/mol. The summed E-state index contributed by atoms with van der Waals surface area (Å²) >= 11 is 6.53. The zero-order valence-corrected chi connectivity index (χ0v) is 14.7. The van der Waals surface area contributed by atoms with E-state index in [1.54, 1.807) is 0 Å². The van der Waals surface area contributed by atoms with Crippen LogP contribution in [0.5, 0.6) is 0 Å². The van der Waals surface area contributed by atoms with Gasteiger partial charge in [-0.1, -0.05) is 30.9 Å². The van der Waals surface area contributed by atoms with Gasteiger partial charge in [-0.15, -0.1) is 0 Å². The van der Waals surface area contributed by atoms with E-state index in [-0.39, 0.29) is 11.2 Å². The van der Waals surface area contributed by atoms with E-state index in [4.69, 9.17) is 20.9 Å². The summed E-state index contributed by atoms with van der Waals surface area (Å²) in [5, 5.41) is 0.798. The number of aromatic nitrogens is 1. The maximum absolute atomic E-state index is 6.53. The average Bonchev–Trinajstić information content (AvgIpc) is 2.68. The van der Waals surface area contributed by atoms with E-state index in [9.17, 15) is 0 Å². The number of pyridine rings is 1. The number of hydrogen-bond acceptors (Lipinski definition) is 3. The Bertz CT molecular complexity index is 540. The van der Waals surface area contributed by atoms with Crippen molar-refractivity contribution in [2.45, 2.75) is 76.9 Å². The number of rotatable bonds is 2. The van der Waals surface area contributed by atoms with Crippen LogP contribution in [0.25, 0.3) is 0 Å². The molecule has 0 spiro atoms. The lowest BCUT2D eigenvalue weighted by atomic mass is 9.81. The number of hydrogen-bond donors (Lipinski definition) is 0. The highest BCUT2D eigenvalue weighted by Crippen LogP contribution is 2.38. The predicted molar refractivity (Wildman–Crippen MR) is 90.8 cm³/mol. The van der Waals surface area contributed by atoms with Crippen LogP contribution in [-0.2, 0) is 9.31 Å². The maximum Gasteiger partial charge on any atom is 0.514 e. The second-order valence-electron chi connectivity index (χ2n) is 7.55. The van der Waals surface area contributed by atoms with E-state index < -0.39 is 7.12 Å². The first-order chi connectivity index (χ1) is 10.3. The van der Waals surface area contributed by atoms with Crippen LogP contribution in [0, 0.1) is 0 Å². The first-order valence-electron chi connectivity index (χ1n) is 8.31. The molecule has 1 aliphatic carbocycles. The molecule has 0 atom stereocenters. The van der Waals surface area contributed by atoms with Gasteiger partial charge < -0.3 is 9.31 Å². The molecule has 2 aliphatic rings. The third-order valence-electron chi connectivity index (χ3n) is 5.44. The van der Waals surface area contributed by atoms with E-state index in [0.717, 1.165) is 10.6 Å². The second kappa shape index (κ2) is 5.81. The highest BCUT2D eigenvalue weighted by atomic mass is 35.5. The first kappa shape index (κ1) is 16.3. The lowest BCUT2D eigenvalue weighted by molar-refractivity contribution is 0.00578. The van der Waals surface area contributed by atoms with E-state index in [2.05, 4.69) is 4.98 Å². The van der Waals surface area contributed by atoms with Crippen LogP contribution in [0.4, 0.5) is 0 Å². The van der Waals surface area contributed by atoms with Crippen LogP contribution in [0.3, 0.4) is 0 Å². The van der Waals surface area contributed by atoms with Crippen molar-refractivity contribution in [2.24, 2.45) is 0 Å². The highest BCUT2D eigenvalue weighted by molar-refractivity contribution is 6.61. The summed E-state index contributed by atoms with van der Waals surface area (Å²) < 4.78 is 12.1. The molecule has 2 heterocycles. The van der Waals surface area contributed by atoms with Gasteiger partial charge in [0.05, 0.1) is 16.8 Å². The molecule has 0 bridgehead atoms. The molecule has 5 heteroatoms. The van der Waals surface area contributed by atoms with E-state index >= 15 is 0 Å². The second-order valence-corrected chi connectivity index (χ2v) is 7.96. The van der Waals surface area contributed by atoms with Gasteiger partial charge in [0.25, 0.3) is 0 Å². The van der Waals surface area contributed by atoms with Crippen LogP contribution in [0.2, 0.25) is 5.02 Å². The van der Waals surface area contributed by atoms with Gasteiger partial charge in [0.1, 0.15) is 0 Å². The molecule has 22 heavy (non-hydrogen) atoms. The van der Waals surface area contributed by atoms with Crippen molar-refractivity contribution < 1.29 is 9.31 Å². The molecule has 120 valence electrons. The quantitative estimate of drug-likeness (QED) is 0.769. The number of nitrogens with zero attached hydrogens (tertiary/aromatic N) is 1. The zero-order valence-electron chi connectivity index (χ0n) is 14.0. The Hall–Kier alpha value is -0.575. The van der Waals surface area contributed by atoms with Gasteiger partial charge in [0.2, 0.25) is 0 Å². The Labute approximate surface area is 138 Å². The minimum Gasteiger partial charge on any atom is -0.398 e. The molecule has 1 aromatic rings. The fourth-order valence-electron chi connectivity index (χ4n) is 3.26. The van der Waals surface area contributed by atoms with Crippen LogP contribution in [0.15, 0.2) is 12.3 Å². The smallest absolute Gasteiger partial charge is 0.398 e. The van der Waals surface area contributed by atoms with Crippen molar-refractivity contribution in [3.05, 3.63) is 22.8 Å². The number of halogens is 1. The van der Waals surface area contributed by atoms with E-state index in [1.807, 2.05) is 40.0 Å². The van der Waals surface area contributed by atoms with Crippen molar-refractivity contribution >= 4 is 24.3 Å². The van der Waals surface area contributed by atoms with Gasteiger partial charge in [-0.25, -0.2) is 0 Å². The van der Waals surface area contributed by atoms with Crippen molar-refractivity contribution in [3.8, 4) is 0 Å². The molecule has 0 aromatic carbocycles. The molecule has 1 aromatic heterocycles. The Morgan fingerprint density at radius 3 is 2.23 bits per heavy atom. The van der Waals surface area contributed by atoms with Crippen molar-refractivity contribution in [1.82, 2.24) is 4.98 Å². The summed E-state index contributed by atoms with van der Waals surface area (Å²) in [7, 11) is -0.442. The monoisotopic (exact) mass is 321 g/mol. The zero-order chi connectivity index (χ0) is 16.0. The molecule has 3 nitrogen and oxygen atoms in total. The summed E-state index contributed by atoms with van der Waals surface area (Å²) in [6.07, 6.45) is 8.29. The molecule has 0 unspecified atom stereocenters. The van der Waals surface area contributed by atoms with E-state index in [0.29, 0.717) is 5.92 Å². The minimum atomic E-state index is -0.442. The molecule has 0 radical (unpaired) electrons. The largest absolute Gasteiger partial charge is 0.514 e. The van der Waals surface area contributed by atoms with Crippen LogP contribution in [-0.4, -0.2) is 23.3 Å². The first-order valence-corrected chi connectivity index (χ1v) is 8.69. The van der Waals surface area contributed by atoms with Crippen LogP contribution < -0.4 is 5.59 Å². The lowest BCUT2D eigenvalue weighted by Gasteiger charge is -2.32. The third kappa shape index (κ3) is 2.93. The fraction of sp³-hybridized carbons (Fsp3) is 0.706. The highest BCUT2D eigenvalue weighted by Gasteiger charge is 2.52. The molecule has 3 rings (SSSR count). The molecule has 1 aliphatic heterocycles. The predicted octanol–water partition coefficient (Wildman–Crippen LogP) is 4.08. The van der Waals surface area contributed by atoms with Gasteiger partial charge in [-0.2, -0.15) is 0 Å². The standard InChI is InChI=1S/C17H25BClNO2/c1-16(2)17(3,4)22-18(21-16)15-10-14(19)13(11-20-15)12-8-6-5-7-9-12/h10-12H,5-9H2,1-4H3. The summed E-state index contributed by atoms with van der Waals surface area (Å²) in [5.74, 6) is 0.557. The molecular formula is C17H25BClNO2.